The third-order valence-corrected chi connectivity index (χ3v) is 4.42. The maximum absolute atomic E-state index is 13.6. The van der Waals surface area contributed by atoms with Gasteiger partial charge in [-0.2, -0.15) is 18.2 Å². The zero-order valence-corrected chi connectivity index (χ0v) is 17.1. The normalized spacial score (nSPS) is 12.1. The van der Waals surface area contributed by atoms with E-state index in [1.54, 1.807) is 19.2 Å². The molecular weight excluding hydrogens is 367 g/mol. The van der Waals surface area contributed by atoms with Crippen molar-refractivity contribution in [1.29, 1.82) is 0 Å². The van der Waals surface area contributed by atoms with E-state index >= 15 is 0 Å². The number of aromatic nitrogens is 2. The van der Waals surface area contributed by atoms with Crippen LogP contribution in [0, 0.1) is 0 Å². The summed E-state index contributed by atoms with van der Waals surface area (Å²) in [5, 5.41) is 0. The van der Waals surface area contributed by atoms with Crippen LogP contribution in [-0.4, -0.2) is 23.6 Å². The maximum Gasteiger partial charge on any atom is 0.421 e. The summed E-state index contributed by atoms with van der Waals surface area (Å²) < 4.78 is 46.3. The minimum atomic E-state index is -4.57. The molecule has 0 saturated heterocycles. The molecule has 2 rings (SSSR count). The third kappa shape index (κ3) is 5.36. The Kier molecular flexibility index (Phi) is 6.91. The van der Waals surface area contributed by atoms with Gasteiger partial charge in [0.1, 0.15) is 5.56 Å². The summed E-state index contributed by atoms with van der Waals surface area (Å²) >= 11 is 0. The molecule has 1 heterocycles. The van der Waals surface area contributed by atoms with E-state index in [1.165, 1.54) is 4.90 Å². The number of halogens is 3. The van der Waals surface area contributed by atoms with E-state index in [0.29, 0.717) is 12.3 Å². The van der Waals surface area contributed by atoms with E-state index in [0.717, 1.165) is 31.0 Å². The van der Waals surface area contributed by atoms with Gasteiger partial charge in [0.2, 0.25) is 0 Å². The molecule has 1 aromatic carbocycles. The molecule has 0 bridgehead atoms. The van der Waals surface area contributed by atoms with Crippen molar-refractivity contribution in [2.45, 2.75) is 58.5 Å². The van der Waals surface area contributed by atoms with Crippen LogP contribution >= 0.6 is 0 Å². The lowest BCUT2D eigenvalue weighted by Crippen LogP contribution is -2.23. The highest BCUT2D eigenvalue weighted by atomic mass is 19.4. The van der Waals surface area contributed by atoms with Crippen LogP contribution in [0.2, 0.25) is 0 Å². The van der Waals surface area contributed by atoms with Crippen molar-refractivity contribution in [3.63, 3.8) is 0 Å². The zero-order valence-electron chi connectivity index (χ0n) is 17.1. The van der Waals surface area contributed by atoms with E-state index in [9.17, 15) is 13.2 Å². The molecule has 0 N–H and O–H groups in total. The van der Waals surface area contributed by atoms with E-state index < -0.39 is 11.7 Å². The number of nitrogens with zero attached hydrogens (tertiary/aromatic N) is 3. The maximum atomic E-state index is 13.6. The molecule has 0 aliphatic carbocycles. The Morgan fingerprint density at radius 3 is 2.32 bits per heavy atom. The fourth-order valence-corrected chi connectivity index (χ4v) is 2.91. The summed E-state index contributed by atoms with van der Waals surface area (Å²) in [5.74, 6) is -0.218. The second kappa shape index (κ2) is 8.80. The number of benzene rings is 1. The molecule has 2 aromatic rings. The molecule has 0 saturated carbocycles. The van der Waals surface area contributed by atoms with Gasteiger partial charge >= 0.3 is 12.2 Å². The quantitative estimate of drug-likeness (QED) is 0.529. The number of hydrogen-bond acceptors (Lipinski definition) is 4. The number of alkyl halides is 3. The molecule has 0 aliphatic rings. The lowest BCUT2D eigenvalue weighted by molar-refractivity contribution is -0.137. The van der Waals surface area contributed by atoms with Crippen LogP contribution in [0.3, 0.4) is 0 Å². The summed E-state index contributed by atoms with van der Waals surface area (Å²) in [6.07, 6.45) is -0.964. The molecule has 0 fully saturated rings. The van der Waals surface area contributed by atoms with Crippen molar-refractivity contribution in [1.82, 2.24) is 9.97 Å². The number of unbranched alkanes of at least 4 members (excludes halogenated alkanes) is 2. The number of hydrogen-bond donors (Lipinski definition) is 0. The Bertz CT molecular complexity index is 785. The zero-order chi connectivity index (χ0) is 20.9. The number of para-hydroxylation sites is 1. The first-order valence-electron chi connectivity index (χ1n) is 9.46. The number of ether oxygens (including phenoxy) is 1. The van der Waals surface area contributed by atoms with Crippen LogP contribution in [0.1, 0.15) is 58.1 Å². The lowest BCUT2D eigenvalue weighted by atomic mass is 9.85. The van der Waals surface area contributed by atoms with Crippen LogP contribution in [0.15, 0.2) is 30.5 Å². The first-order valence-corrected chi connectivity index (χ1v) is 9.46. The summed E-state index contributed by atoms with van der Waals surface area (Å²) in [6, 6.07) is 7.36. The van der Waals surface area contributed by atoms with Gasteiger partial charge in [-0.1, -0.05) is 58.7 Å². The molecule has 7 heteroatoms. The third-order valence-electron chi connectivity index (χ3n) is 4.42. The van der Waals surface area contributed by atoms with Gasteiger partial charge in [-0.25, -0.2) is 4.98 Å². The van der Waals surface area contributed by atoms with Crippen LogP contribution < -0.4 is 9.64 Å². The SMILES string of the molecule is CCCCCOc1ncc(C(F)(F)F)c(N(C)c2ccccc2C(C)(C)C)n1. The largest absolute Gasteiger partial charge is 0.463 e. The average Bonchev–Trinajstić information content (AvgIpc) is 2.63. The molecule has 0 aliphatic heterocycles. The second-order valence-corrected chi connectivity index (χ2v) is 7.77. The lowest BCUT2D eigenvalue weighted by Gasteiger charge is -2.29. The molecule has 0 unspecified atom stereocenters. The number of rotatable bonds is 7. The van der Waals surface area contributed by atoms with Gasteiger partial charge in [0.25, 0.3) is 0 Å². The Morgan fingerprint density at radius 2 is 1.71 bits per heavy atom. The minimum Gasteiger partial charge on any atom is -0.463 e. The topological polar surface area (TPSA) is 38.2 Å². The minimum absolute atomic E-state index is 0.0424. The van der Waals surface area contributed by atoms with Crippen LogP contribution in [0.25, 0.3) is 0 Å². The van der Waals surface area contributed by atoms with Gasteiger partial charge in [-0.05, 0) is 23.5 Å². The number of anilines is 2. The summed E-state index contributed by atoms with van der Waals surface area (Å²) in [5.41, 5.74) is 0.459. The van der Waals surface area contributed by atoms with Gasteiger partial charge in [-0.15, -0.1) is 0 Å². The van der Waals surface area contributed by atoms with Crippen molar-refractivity contribution in [3.05, 3.63) is 41.6 Å². The van der Waals surface area contributed by atoms with E-state index in [2.05, 4.69) is 16.9 Å². The standard InChI is InChI=1S/C21H28F3N3O/c1-6-7-10-13-28-19-25-14-16(21(22,23)24)18(26-19)27(5)17-12-9-8-11-15(17)20(2,3)4/h8-9,11-12,14H,6-7,10,13H2,1-5H3. The van der Waals surface area contributed by atoms with Gasteiger partial charge in [0, 0.05) is 18.9 Å². The van der Waals surface area contributed by atoms with Gasteiger partial charge in [-0.3, -0.25) is 0 Å². The monoisotopic (exact) mass is 395 g/mol. The Balaban J connectivity index is 2.47. The average molecular weight is 395 g/mol. The Morgan fingerprint density at radius 1 is 1.04 bits per heavy atom. The smallest absolute Gasteiger partial charge is 0.421 e. The molecule has 1 aromatic heterocycles. The summed E-state index contributed by atoms with van der Waals surface area (Å²) in [4.78, 5) is 9.34. The predicted molar refractivity (Wildman–Crippen MR) is 105 cm³/mol. The highest BCUT2D eigenvalue weighted by molar-refractivity contribution is 5.67. The molecule has 4 nitrogen and oxygen atoms in total. The van der Waals surface area contributed by atoms with Crippen LogP contribution in [0.4, 0.5) is 24.7 Å². The molecule has 0 atom stereocenters. The van der Waals surface area contributed by atoms with Crippen molar-refractivity contribution in [3.8, 4) is 6.01 Å². The van der Waals surface area contributed by atoms with Gasteiger partial charge < -0.3 is 9.64 Å². The highest BCUT2D eigenvalue weighted by Gasteiger charge is 2.37. The van der Waals surface area contributed by atoms with Crippen molar-refractivity contribution in [2.75, 3.05) is 18.6 Å². The van der Waals surface area contributed by atoms with Gasteiger partial charge in [0.15, 0.2) is 5.82 Å². The van der Waals surface area contributed by atoms with Crippen LogP contribution in [0.5, 0.6) is 6.01 Å². The first-order chi connectivity index (χ1) is 13.1. The van der Waals surface area contributed by atoms with Crippen molar-refractivity contribution in [2.24, 2.45) is 0 Å². The highest BCUT2D eigenvalue weighted by Crippen LogP contribution is 2.40. The van der Waals surface area contributed by atoms with Crippen molar-refractivity contribution < 1.29 is 17.9 Å². The molecular formula is C21H28F3N3O. The van der Waals surface area contributed by atoms with Crippen molar-refractivity contribution >= 4 is 11.5 Å². The fraction of sp³-hybridized carbons (Fsp3) is 0.524. The molecule has 28 heavy (non-hydrogen) atoms. The van der Waals surface area contributed by atoms with E-state index in [1.807, 2.05) is 32.9 Å². The Hall–Kier alpha value is -2.31. The molecule has 0 spiro atoms. The predicted octanol–water partition coefficient (Wildman–Crippen LogP) is 6.13. The van der Waals surface area contributed by atoms with E-state index in [-0.39, 0.29) is 17.2 Å². The van der Waals surface area contributed by atoms with Crippen LogP contribution in [-0.2, 0) is 11.6 Å². The summed E-state index contributed by atoms with van der Waals surface area (Å²) in [6.45, 7) is 8.50. The first kappa shape index (κ1) is 22.0. The molecule has 154 valence electrons. The summed E-state index contributed by atoms with van der Waals surface area (Å²) in [7, 11) is 1.59. The second-order valence-electron chi connectivity index (χ2n) is 7.77. The molecule has 0 amide bonds. The van der Waals surface area contributed by atoms with E-state index in [4.69, 9.17) is 4.74 Å². The molecule has 0 radical (unpaired) electrons. The fourth-order valence-electron chi connectivity index (χ4n) is 2.91. The Labute approximate surface area is 164 Å². The van der Waals surface area contributed by atoms with Gasteiger partial charge in [0.05, 0.1) is 6.61 Å².